The lowest BCUT2D eigenvalue weighted by Crippen LogP contribution is -2.32. The molecule has 1 saturated carbocycles. The average molecular weight is 440 g/mol. The standard InChI is InChI=1S/C22H21N3OS3/c1-13-9-15(11-16-5-3-7-27-16)19-17(10-13)20(18-6-4-8-28-18)25(24-19)22(26)21-14(2)23-12-29-21/h3-8,11-13,17,20H,9-10H2,1-2H3/b15-11+/t13-,17+,20-/m1/s1. The molecular weight excluding hydrogens is 418 g/mol. The summed E-state index contributed by atoms with van der Waals surface area (Å²) in [6.07, 6.45) is 4.32. The van der Waals surface area contributed by atoms with E-state index in [0.717, 1.165) is 24.2 Å². The molecule has 4 heterocycles. The predicted octanol–water partition coefficient (Wildman–Crippen LogP) is 6.26. The lowest BCUT2D eigenvalue weighted by atomic mass is 9.74. The lowest BCUT2D eigenvalue weighted by molar-refractivity contribution is 0.0684. The molecule has 0 spiro atoms. The van der Waals surface area contributed by atoms with Gasteiger partial charge in [-0.05, 0) is 60.2 Å². The van der Waals surface area contributed by atoms with Crippen molar-refractivity contribution in [3.63, 3.8) is 0 Å². The van der Waals surface area contributed by atoms with E-state index in [9.17, 15) is 4.79 Å². The van der Waals surface area contributed by atoms with Crippen molar-refractivity contribution in [2.24, 2.45) is 16.9 Å². The van der Waals surface area contributed by atoms with Crippen LogP contribution in [0.4, 0.5) is 0 Å². The van der Waals surface area contributed by atoms with Crippen molar-refractivity contribution in [2.45, 2.75) is 32.7 Å². The highest BCUT2D eigenvalue weighted by atomic mass is 32.1. The summed E-state index contributed by atoms with van der Waals surface area (Å²) < 4.78 is 0. The molecule has 2 aliphatic rings. The summed E-state index contributed by atoms with van der Waals surface area (Å²) in [6.45, 7) is 4.20. The maximum absolute atomic E-state index is 13.5. The Kier molecular flexibility index (Phi) is 4.97. The zero-order valence-corrected chi connectivity index (χ0v) is 18.7. The molecule has 0 unspecified atom stereocenters. The first-order chi connectivity index (χ1) is 14.1. The van der Waals surface area contributed by atoms with E-state index in [1.165, 1.54) is 26.7 Å². The molecule has 1 aliphatic carbocycles. The molecule has 0 radical (unpaired) electrons. The molecule has 3 atom stereocenters. The number of carbonyl (C=O) groups is 1. The van der Waals surface area contributed by atoms with Crippen LogP contribution in [0, 0.1) is 18.8 Å². The van der Waals surface area contributed by atoms with Gasteiger partial charge in [0.05, 0.1) is 23.0 Å². The molecule has 148 valence electrons. The van der Waals surface area contributed by atoms with Gasteiger partial charge in [0.1, 0.15) is 4.88 Å². The summed E-state index contributed by atoms with van der Waals surface area (Å²) >= 11 is 4.85. The van der Waals surface area contributed by atoms with Crippen LogP contribution in [0.1, 0.15) is 50.9 Å². The number of fused-ring (bicyclic) bond motifs is 1. The van der Waals surface area contributed by atoms with Crippen LogP contribution in [0.25, 0.3) is 6.08 Å². The number of aryl methyl sites for hydroxylation is 1. The highest BCUT2D eigenvalue weighted by Crippen LogP contribution is 2.47. The maximum atomic E-state index is 13.5. The average Bonchev–Trinajstić information content (AvgIpc) is 3.48. The first kappa shape index (κ1) is 18.9. The smallest absolute Gasteiger partial charge is 0.266 e. The van der Waals surface area contributed by atoms with E-state index in [0.29, 0.717) is 10.8 Å². The normalized spacial score (nSPS) is 25.3. The van der Waals surface area contributed by atoms with Crippen molar-refractivity contribution in [2.75, 3.05) is 0 Å². The Morgan fingerprint density at radius 2 is 2.03 bits per heavy atom. The van der Waals surface area contributed by atoms with E-state index in [-0.39, 0.29) is 17.9 Å². The number of hydrogen-bond donors (Lipinski definition) is 0. The molecular formula is C22H21N3OS3. The minimum Gasteiger partial charge on any atom is -0.266 e. The van der Waals surface area contributed by atoms with E-state index >= 15 is 0 Å². The molecule has 5 rings (SSSR count). The highest BCUT2D eigenvalue weighted by Gasteiger charge is 2.46. The van der Waals surface area contributed by atoms with E-state index in [1.54, 1.807) is 33.2 Å². The fraction of sp³-hybridized carbons (Fsp3) is 0.318. The van der Waals surface area contributed by atoms with Crippen LogP contribution in [0.2, 0.25) is 0 Å². The molecule has 1 amide bonds. The van der Waals surface area contributed by atoms with E-state index in [2.05, 4.69) is 53.0 Å². The summed E-state index contributed by atoms with van der Waals surface area (Å²) in [5, 5.41) is 10.9. The molecule has 7 heteroatoms. The van der Waals surface area contributed by atoms with Crippen molar-refractivity contribution in [1.29, 1.82) is 0 Å². The van der Waals surface area contributed by atoms with Crippen molar-refractivity contribution in [3.05, 3.63) is 66.4 Å². The van der Waals surface area contributed by atoms with Crippen molar-refractivity contribution < 1.29 is 4.79 Å². The number of nitrogens with zero attached hydrogens (tertiary/aromatic N) is 3. The third-order valence-electron chi connectivity index (χ3n) is 5.61. The summed E-state index contributed by atoms with van der Waals surface area (Å²) in [6, 6.07) is 8.38. The Bertz CT molecular complexity index is 1080. The first-order valence-corrected chi connectivity index (χ1v) is 12.4. The van der Waals surface area contributed by atoms with Crippen LogP contribution in [-0.4, -0.2) is 21.6 Å². The lowest BCUT2D eigenvalue weighted by Gasteiger charge is -2.31. The Morgan fingerprint density at radius 3 is 2.72 bits per heavy atom. The van der Waals surface area contributed by atoms with Gasteiger partial charge in [-0.15, -0.1) is 34.0 Å². The SMILES string of the molecule is Cc1ncsc1C(=O)N1N=C2/C(=C/c3cccs3)C[C@@H](C)C[C@@H]2[C@@H]1c1cccs1. The highest BCUT2D eigenvalue weighted by molar-refractivity contribution is 7.12. The Labute approximate surface area is 182 Å². The minimum absolute atomic E-state index is 0.0338. The van der Waals surface area contributed by atoms with Crippen molar-refractivity contribution >= 4 is 51.7 Å². The van der Waals surface area contributed by atoms with Gasteiger partial charge >= 0.3 is 0 Å². The van der Waals surface area contributed by atoms with Gasteiger partial charge in [0.25, 0.3) is 5.91 Å². The number of hydrogen-bond acceptors (Lipinski definition) is 6. The minimum atomic E-state index is -0.0339. The second-order valence-corrected chi connectivity index (χ2v) is 10.5. The molecule has 0 bridgehead atoms. The number of rotatable bonds is 3. The molecule has 0 saturated heterocycles. The quantitative estimate of drug-likeness (QED) is 0.484. The molecule has 29 heavy (non-hydrogen) atoms. The molecule has 3 aromatic rings. The number of thiazole rings is 1. The zero-order chi connectivity index (χ0) is 20.0. The van der Waals surface area contributed by atoms with Crippen LogP contribution in [0.3, 0.4) is 0 Å². The number of aromatic nitrogens is 1. The number of hydrazone groups is 1. The number of allylic oxidation sites excluding steroid dienone is 1. The van der Waals surface area contributed by atoms with Crippen LogP contribution in [0.5, 0.6) is 0 Å². The first-order valence-electron chi connectivity index (χ1n) is 9.72. The van der Waals surface area contributed by atoms with Gasteiger partial charge in [-0.25, -0.2) is 9.99 Å². The fourth-order valence-corrected chi connectivity index (χ4v) is 6.64. The molecule has 1 fully saturated rings. The van der Waals surface area contributed by atoms with Crippen LogP contribution in [-0.2, 0) is 0 Å². The maximum Gasteiger partial charge on any atom is 0.286 e. The van der Waals surface area contributed by atoms with Crippen LogP contribution >= 0.6 is 34.0 Å². The van der Waals surface area contributed by atoms with Gasteiger partial charge in [-0.1, -0.05) is 19.1 Å². The topological polar surface area (TPSA) is 45.6 Å². The predicted molar refractivity (Wildman–Crippen MR) is 122 cm³/mol. The Balaban J connectivity index is 1.60. The van der Waals surface area contributed by atoms with Gasteiger partial charge in [0.15, 0.2) is 0 Å². The molecule has 0 N–H and O–H groups in total. The molecule has 0 aromatic carbocycles. The largest absolute Gasteiger partial charge is 0.286 e. The molecule has 3 aromatic heterocycles. The van der Waals surface area contributed by atoms with E-state index < -0.39 is 0 Å². The van der Waals surface area contributed by atoms with Gasteiger partial charge in [-0.2, -0.15) is 5.10 Å². The summed E-state index contributed by atoms with van der Waals surface area (Å²) in [7, 11) is 0. The van der Waals surface area contributed by atoms with Gasteiger partial charge in [0.2, 0.25) is 0 Å². The summed E-state index contributed by atoms with van der Waals surface area (Å²) in [5.41, 5.74) is 4.88. The Morgan fingerprint density at radius 1 is 1.21 bits per heavy atom. The number of thiophene rings is 2. The van der Waals surface area contributed by atoms with E-state index in [4.69, 9.17) is 5.10 Å². The summed E-state index contributed by atoms with van der Waals surface area (Å²) in [5.74, 6) is 0.766. The number of amides is 1. The van der Waals surface area contributed by atoms with Gasteiger partial charge < -0.3 is 0 Å². The van der Waals surface area contributed by atoms with Gasteiger partial charge in [-0.3, -0.25) is 4.79 Å². The second kappa shape index (κ2) is 7.63. The molecule has 1 aliphatic heterocycles. The Hall–Kier alpha value is -2.09. The third kappa shape index (κ3) is 3.41. The zero-order valence-electron chi connectivity index (χ0n) is 16.2. The number of carbonyl (C=O) groups excluding carboxylic acids is 1. The van der Waals surface area contributed by atoms with Crippen molar-refractivity contribution in [1.82, 2.24) is 9.99 Å². The van der Waals surface area contributed by atoms with Gasteiger partial charge in [0, 0.05) is 15.7 Å². The van der Waals surface area contributed by atoms with E-state index in [1.807, 2.05) is 6.92 Å². The monoisotopic (exact) mass is 439 g/mol. The van der Waals surface area contributed by atoms with Crippen LogP contribution in [0.15, 0.2) is 51.2 Å². The fourth-order valence-electron chi connectivity index (χ4n) is 4.35. The summed E-state index contributed by atoms with van der Waals surface area (Å²) in [4.78, 5) is 20.9. The second-order valence-electron chi connectivity index (χ2n) is 7.70. The molecule has 4 nitrogen and oxygen atoms in total. The van der Waals surface area contributed by atoms with Crippen molar-refractivity contribution in [3.8, 4) is 0 Å². The third-order valence-corrected chi connectivity index (χ3v) is 8.29. The van der Waals surface area contributed by atoms with Crippen LogP contribution < -0.4 is 0 Å².